The lowest BCUT2D eigenvalue weighted by atomic mass is 10.2. The minimum Gasteiger partial charge on any atom is -0.494 e. The van der Waals surface area contributed by atoms with Crippen molar-refractivity contribution in [2.24, 2.45) is 0 Å². The first-order valence-corrected chi connectivity index (χ1v) is 6.82. The van der Waals surface area contributed by atoms with Crippen LogP contribution < -0.4 is 9.46 Å². The Kier molecular flexibility index (Phi) is 4.51. The summed E-state index contributed by atoms with van der Waals surface area (Å²) in [7, 11) is -3.64. The number of carbonyl (C=O) groups is 1. The van der Waals surface area contributed by atoms with Gasteiger partial charge in [-0.2, -0.15) is 0 Å². The summed E-state index contributed by atoms with van der Waals surface area (Å²) in [6.07, 6.45) is 0. The fraction of sp³-hybridized carbons (Fsp3) is 0.364. The molecule has 0 bridgehead atoms. The topological polar surface area (TPSA) is 74.5 Å². The molecule has 5 nitrogen and oxygen atoms in total. The van der Waals surface area contributed by atoms with Gasteiger partial charge in [-0.25, -0.2) is 8.42 Å². The van der Waals surface area contributed by atoms with Crippen LogP contribution in [0.4, 0.5) is 0 Å². The second kappa shape index (κ2) is 5.67. The highest BCUT2D eigenvalue weighted by atomic mass is 32.2. The third kappa shape index (κ3) is 4.07. The van der Waals surface area contributed by atoms with Crippen LogP contribution in [0.3, 0.4) is 0 Å². The SMILES string of the molecule is CCOc1ccc(C(=O)[N]S(=O)(=O)CC)cc1. The average molecular weight is 256 g/mol. The molecule has 0 spiro atoms. The summed E-state index contributed by atoms with van der Waals surface area (Å²) in [5.74, 6) is -0.312. The van der Waals surface area contributed by atoms with Crippen molar-refractivity contribution in [3.05, 3.63) is 29.8 Å². The van der Waals surface area contributed by atoms with Crippen molar-refractivity contribution in [2.75, 3.05) is 12.4 Å². The molecule has 1 rings (SSSR count). The van der Waals surface area contributed by atoms with Crippen molar-refractivity contribution in [2.45, 2.75) is 13.8 Å². The summed E-state index contributed by atoms with van der Waals surface area (Å²) >= 11 is 0. The molecule has 0 aromatic heterocycles. The van der Waals surface area contributed by atoms with Crippen molar-refractivity contribution < 1.29 is 17.9 Å². The zero-order valence-corrected chi connectivity index (χ0v) is 10.5. The van der Waals surface area contributed by atoms with Crippen LogP contribution in [0.15, 0.2) is 24.3 Å². The summed E-state index contributed by atoms with van der Waals surface area (Å²) in [5.41, 5.74) is 0.227. The van der Waals surface area contributed by atoms with Gasteiger partial charge in [-0.1, -0.05) is 0 Å². The molecule has 0 N–H and O–H groups in total. The Morgan fingerprint density at radius 3 is 2.29 bits per heavy atom. The minimum absolute atomic E-state index is 0.185. The number of carbonyl (C=O) groups excluding carboxylic acids is 1. The smallest absolute Gasteiger partial charge is 0.287 e. The summed E-state index contributed by atoms with van der Waals surface area (Å²) < 4.78 is 30.6. The minimum atomic E-state index is -3.64. The molecule has 1 aromatic carbocycles. The van der Waals surface area contributed by atoms with E-state index in [1.165, 1.54) is 19.1 Å². The fourth-order valence-corrected chi connectivity index (χ4v) is 1.59. The van der Waals surface area contributed by atoms with E-state index in [4.69, 9.17) is 4.74 Å². The molecule has 1 aromatic rings. The third-order valence-electron chi connectivity index (χ3n) is 2.00. The van der Waals surface area contributed by atoms with E-state index in [9.17, 15) is 13.2 Å². The second-order valence-corrected chi connectivity index (χ2v) is 5.15. The molecule has 0 unspecified atom stereocenters. The maximum Gasteiger partial charge on any atom is 0.287 e. The maximum absolute atomic E-state index is 11.5. The van der Waals surface area contributed by atoms with E-state index in [1.54, 1.807) is 12.1 Å². The van der Waals surface area contributed by atoms with Gasteiger partial charge in [-0.15, -0.1) is 4.72 Å². The van der Waals surface area contributed by atoms with Gasteiger partial charge in [0.15, 0.2) is 0 Å². The number of amides is 1. The predicted molar refractivity (Wildman–Crippen MR) is 63.5 cm³/mol. The van der Waals surface area contributed by atoms with E-state index in [2.05, 4.69) is 4.72 Å². The first-order chi connectivity index (χ1) is 7.98. The molecule has 0 aliphatic rings. The highest BCUT2D eigenvalue weighted by molar-refractivity contribution is 7.89. The number of sulfonamides is 1. The van der Waals surface area contributed by atoms with Crippen LogP contribution in [-0.2, 0) is 10.0 Å². The molecule has 0 aliphatic carbocycles. The third-order valence-corrected chi connectivity index (χ3v) is 3.17. The molecule has 0 saturated carbocycles. The van der Waals surface area contributed by atoms with E-state index in [0.717, 1.165) is 0 Å². The first kappa shape index (κ1) is 13.5. The van der Waals surface area contributed by atoms with E-state index in [0.29, 0.717) is 12.4 Å². The average Bonchev–Trinajstić information content (AvgIpc) is 2.30. The normalized spacial score (nSPS) is 10.9. The zero-order chi connectivity index (χ0) is 12.9. The number of hydrogen-bond acceptors (Lipinski definition) is 4. The Bertz CT molecular complexity index is 479. The number of benzene rings is 1. The Hall–Kier alpha value is -1.56. The van der Waals surface area contributed by atoms with Crippen molar-refractivity contribution in [3.8, 4) is 5.75 Å². The summed E-state index contributed by atoms with van der Waals surface area (Å²) in [5, 5.41) is 0. The van der Waals surface area contributed by atoms with E-state index < -0.39 is 15.9 Å². The first-order valence-electron chi connectivity index (χ1n) is 5.21. The standard InChI is InChI=1S/C11H14NO4S/c1-3-16-10-7-5-9(6-8-10)11(13)12-17(14,15)4-2/h5-8H,3-4H2,1-2H3. The predicted octanol–water partition coefficient (Wildman–Crippen LogP) is 1.18. The molecule has 0 fully saturated rings. The molecular weight excluding hydrogens is 242 g/mol. The van der Waals surface area contributed by atoms with Crippen LogP contribution in [0.2, 0.25) is 0 Å². The molecule has 0 saturated heterocycles. The zero-order valence-electron chi connectivity index (χ0n) is 9.71. The molecule has 6 heteroatoms. The van der Waals surface area contributed by atoms with Crippen molar-refractivity contribution in [1.82, 2.24) is 4.72 Å². The van der Waals surface area contributed by atoms with Gasteiger partial charge >= 0.3 is 0 Å². The van der Waals surface area contributed by atoms with Gasteiger partial charge in [0.05, 0.1) is 12.4 Å². The van der Waals surface area contributed by atoms with Gasteiger partial charge in [0.25, 0.3) is 15.9 Å². The summed E-state index contributed by atoms with van der Waals surface area (Å²) in [6.45, 7) is 3.81. The molecule has 1 radical (unpaired) electrons. The summed E-state index contributed by atoms with van der Waals surface area (Å²) in [6, 6.07) is 6.18. The molecule has 0 atom stereocenters. The van der Waals surface area contributed by atoms with Crippen LogP contribution >= 0.6 is 0 Å². The Balaban J connectivity index is 2.77. The van der Waals surface area contributed by atoms with Gasteiger partial charge in [-0.3, -0.25) is 4.79 Å². The lowest BCUT2D eigenvalue weighted by molar-refractivity contribution is 0.0978. The van der Waals surface area contributed by atoms with Gasteiger partial charge in [0.1, 0.15) is 5.75 Å². The molecular formula is C11H14NO4S. The van der Waals surface area contributed by atoms with E-state index in [-0.39, 0.29) is 11.3 Å². The number of rotatable bonds is 5. The highest BCUT2D eigenvalue weighted by Crippen LogP contribution is 2.12. The molecule has 93 valence electrons. The van der Waals surface area contributed by atoms with Crippen molar-refractivity contribution in [1.29, 1.82) is 0 Å². The maximum atomic E-state index is 11.5. The van der Waals surface area contributed by atoms with Gasteiger partial charge in [0, 0.05) is 5.56 Å². The summed E-state index contributed by atoms with van der Waals surface area (Å²) in [4.78, 5) is 11.5. The van der Waals surface area contributed by atoms with Gasteiger partial charge < -0.3 is 4.74 Å². The van der Waals surface area contributed by atoms with E-state index >= 15 is 0 Å². The van der Waals surface area contributed by atoms with E-state index in [1.807, 2.05) is 6.92 Å². The largest absolute Gasteiger partial charge is 0.494 e. The lowest BCUT2D eigenvalue weighted by Gasteiger charge is -2.04. The molecule has 0 aliphatic heterocycles. The number of nitrogens with zero attached hydrogens (tertiary/aromatic N) is 1. The van der Waals surface area contributed by atoms with Gasteiger partial charge in [-0.05, 0) is 38.1 Å². The van der Waals surface area contributed by atoms with Crippen LogP contribution in [0.5, 0.6) is 5.75 Å². The van der Waals surface area contributed by atoms with Gasteiger partial charge in [0.2, 0.25) is 0 Å². The number of hydrogen-bond donors (Lipinski definition) is 0. The Morgan fingerprint density at radius 2 is 1.82 bits per heavy atom. The highest BCUT2D eigenvalue weighted by Gasteiger charge is 2.16. The van der Waals surface area contributed by atoms with Crippen LogP contribution in [0, 0.1) is 0 Å². The molecule has 0 heterocycles. The monoisotopic (exact) mass is 256 g/mol. The van der Waals surface area contributed by atoms with Crippen molar-refractivity contribution in [3.63, 3.8) is 0 Å². The number of ether oxygens (including phenoxy) is 1. The van der Waals surface area contributed by atoms with Crippen LogP contribution in [0.25, 0.3) is 0 Å². The fourth-order valence-electron chi connectivity index (χ4n) is 1.10. The Morgan fingerprint density at radius 1 is 1.24 bits per heavy atom. The Labute approximate surface area is 101 Å². The quantitative estimate of drug-likeness (QED) is 0.792. The lowest BCUT2D eigenvalue weighted by Crippen LogP contribution is -2.24. The molecule has 1 amide bonds. The van der Waals surface area contributed by atoms with Crippen LogP contribution in [-0.4, -0.2) is 26.7 Å². The van der Waals surface area contributed by atoms with Crippen LogP contribution in [0.1, 0.15) is 24.2 Å². The second-order valence-electron chi connectivity index (χ2n) is 3.22. The van der Waals surface area contributed by atoms with Crippen molar-refractivity contribution >= 4 is 15.9 Å². The molecule has 17 heavy (non-hydrogen) atoms.